The molecule has 23 heavy (non-hydrogen) atoms. The number of para-hydroxylation sites is 1. The predicted molar refractivity (Wildman–Crippen MR) is 94.9 cm³/mol. The molecular weight excluding hydrogens is 330 g/mol. The van der Waals surface area contributed by atoms with Crippen LogP contribution in [0.2, 0.25) is 5.02 Å². The van der Waals surface area contributed by atoms with E-state index >= 15 is 0 Å². The van der Waals surface area contributed by atoms with Crippen molar-refractivity contribution < 1.29 is 4.79 Å². The van der Waals surface area contributed by atoms with Gasteiger partial charge < -0.3 is 10.6 Å². The van der Waals surface area contributed by atoms with E-state index in [1.165, 1.54) is 0 Å². The summed E-state index contributed by atoms with van der Waals surface area (Å²) in [5.74, 6) is 0. The lowest BCUT2D eigenvalue weighted by molar-refractivity contribution is 0.252. The SMILES string of the molecule is O=C(NCc1cccnc1-c1cccs1)Nc1ccccc1Cl. The van der Waals surface area contributed by atoms with E-state index in [2.05, 4.69) is 15.6 Å². The summed E-state index contributed by atoms with van der Waals surface area (Å²) in [5, 5.41) is 8.08. The number of thiophene rings is 1. The van der Waals surface area contributed by atoms with Gasteiger partial charge in [0.25, 0.3) is 0 Å². The van der Waals surface area contributed by atoms with Gasteiger partial charge in [-0.15, -0.1) is 11.3 Å². The minimum atomic E-state index is -0.306. The van der Waals surface area contributed by atoms with Gasteiger partial charge in [-0.1, -0.05) is 35.9 Å². The van der Waals surface area contributed by atoms with Crippen LogP contribution >= 0.6 is 22.9 Å². The second-order valence-electron chi connectivity index (χ2n) is 4.78. The van der Waals surface area contributed by atoms with E-state index in [1.807, 2.05) is 41.8 Å². The van der Waals surface area contributed by atoms with Crippen molar-refractivity contribution in [3.8, 4) is 10.6 Å². The summed E-state index contributed by atoms with van der Waals surface area (Å²) >= 11 is 7.65. The average Bonchev–Trinajstić information content (AvgIpc) is 3.10. The summed E-state index contributed by atoms with van der Waals surface area (Å²) in [6, 6.07) is 14.6. The monoisotopic (exact) mass is 343 g/mol. The second kappa shape index (κ2) is 7.26. The number of carbonyl (C=O) groups excluding carboxylic acids is 1. The number of nitrogens with one attached hydrogen (secondary N) is 2. The zero-order valence-electron chi connectivity index (χ0n) is 12.1. The van der Waals surface area contributed by atoms with E-state index in [-0.39, 0.29) is 6.03 Å². The normalized spacial score (nSPS) is 10.3. The fraction of sp³-hybridized carbons (Fsp3) is 0.0588. The number of halogens is 1. The van der Waals surface area contributed by atoms with Gasteiger partial charge in [0.2, 0.25) is 0 Å². The number of rotatable bonds is 4. The Bertz CT molecular complexity index is 805. The number of hydrogen-bond acceptors (Lipinski definition) is 3. The standard InChI is InChI=1S/C17H14ClN3OS/c18-13-6-1-2-7-14(13)21-17(22)20-11-12-5-3-9-19-16(12)15-8-4-10-23-15/h1-10H,11H2,(H2,20,21,22). The molecule has 0 aliphatic rings. The largest absolute Gasteiger partial charge is 0.334 e. The summed E-state index contributed by atoms with van der Waals surface area (Å²) in [7, 11) is 0. The highest BCUT2D eigenvalue weighted by Gasteiger charge is 2.09. The van der Waals surface area contributed by atoms with Gasteiger partial charge in [-0.2, -0.15) is 0 Å². The Kier molecular flexibility index (Phi) is 4.90. The highest BCUT2D eigenvalue weighted by molar-refractivity contribution is 7.13. The van der Waals surface area contributed by atoms with Crippen molar-refractivity contribution in [3.63, 3.8) is 0 Å². The molecular formula is C17H14ClN3OS. The maximum absolute atomic E-state index is 12.0. The molecule has 0 saturated heterocycles. The van der Waals surface area contributed by atoms with Gasteiger partial charge in [0, 0.05) is 12.7 Å². The molecule has 1 aromatic carbocycles. The summed E-state index contributed by atoms with van der Waals surface area (Å²) in [5.41, 5.74) is 2.43. The molecule has 0 saturated carbocycles. The van der Waals surface area contributed by atoms with Crippen molar-refractivity contribution in [3.05, 3.63) is 70.7 Å². The Morgan fingerprint density at radius 2 is 2.00 bits per heavy atom. The summed E-state index contributed by atoms with van der Waals surface area (Å²) in [6.07, 6.45) is 1.75. The molecule has 2 N–H and O–H groups in total. The van der Waals surface area contributed by atoms with Crippen molar-refractivity contribution in [2.24, 2.45) is 0 Å². The number of amides is 2. The first kappa shape index (κ1) is 15.5. The highest BCUT2D eigenvalue weighted by atomic mass is 35.5. The lowest BCUT2D eigenvalue weighted by atomic mass is 10.1. The quantitative estimate of drug-likeness (QED) is 0.716. The topological polar surface area (TPSA) is 54.0 Å². The second-order valence-corrected chi connectivity index (χ2v) is 6.13. The maximum atomic E-state index is 12.0. The molecule has 0 aliphatic carbocycles. The van der Waals surface area contributed by atoms with Gasteiger partial charge in [0.1, 0.15) is 0 Å². The number of benzene rings is 1. The smallest absolute Gasteiger partial charge is 0.319 e. The van der Waals surface area contributed by atoms with Crippen molar-refractivity contribution >= 4 is 34.7 Å². The number of aromatic nitrogens is 1. The first-order valence-corrected chi connectivity index (χ1v) is 8.27. The van der Waals surface area contributed by atoms with Gasteiger partial charge in [0.05, 0.1) is 21.3 Å². The van der Waals surface area contributed by atoms with E-state index in [1.54, 1.807) is 29.7 Å². The Hall–Kier alpha value is -2.37. The van der Waals surface area contributed by atoms with Crippen LogP contribution in [-0.2, 0) is 6.54 Å². The van der Waals surface area contributed by atoms with E-state index in [4.69, 9.17) is 11.6 Å². The van der Waals surface area contributed by atoms with E-state index < -0.39 is 0 Å². The van der Waals surface area contributed by atoms with Gasteiger partial charge in [0.15, 0.2) is 0 Å². The van der Waals surface area contributed by atoms with Gasteiger partial charge in [-0.05, 0) is 35.2 Å². The van der Waals surface area contributed by atoms with Crippen molar-refractivity contribution in [2.45, 2.75) is 6.54 Å². The molecule has 2 heterocycles. The van der Waals surface area contributed by atoms with E-state index in [0.717, 1.165) is 16.1 Å². The number of hydrogen-bond donors (Lipinski definition) is 2. The molecule has 2 aromatic heterocycles. The number of pyridine rings is 1. The van der Waals surface area contributed by atoms with Crippen LogP contribution in [0, 0.1) is 0 Å². The van der Waals surface area contributed by atoms with Crippen LogP contribution in [0.5, 0.6) is 0 Å². The summed E-state index contributed by atoms with van der Waals surface area (Å²) < 4.78 is 0. The van der Waals surface area contributed by atoms with Crippen molar-refractivity contribution in [2.75, 3.05) is 5.32 Å². The molecule has 0 fully saturated rings. The van der Waals surface area contributed by atoms with E-state index in [0.29, 0.717) is 17.3 Å². The van der Waals surface area contributed by atoms with Crippen LogP contribution in [0.15, 0.2) is 60.1 Å². The average molecular weight is 344 g/mol. The molecule has 2 amide bonds. The molecule has 6 heteroatoms. The Labute approximate surface area is 143 Å². The Balaban J connectivity index is 1.67. The van der Waals surface area contributed by atoms with Gasteiger partial charge in [-0.3, -0.25) is 4.98 Å². The van der Waals surface area contributed by atoms with E-state index in [9.17, 15) is 4.79 Å². The first-order valence-electron chi connectivity index (χ1n) is 7.01. The summed E-state index contributed by atoms with van der Waals surface area (Å²) in [4.78, 5) is 17.5. The van der Waals surface area contributed by atoms with Crippen LogP contribution in [0.4, 0.5) is 10.5 Å². The van der Waals surface area contributed by atoms with Crippen molar-refractivity contribution in [1.82, 2.24) is 10.3 Å². The lowest BCUT2D eigenvalue weighted by Crippen LogP contribution is -2.28. The fourth-order valence-corrected chi connectivity index (χ4v) is 3.06. The molecule has 3 aromatic rings. The third-order valence-electron chi connectivity index (χ3n) is 3.21. The minimum absolute atomic E-state index is 0.306. The molecule has 0 spiro atoms. The van der Waals surface area contributed by atoms with Crippen LogP contribution in [0.25, 0.3) is 10.6 Å². The number of nitrogens with zero attached hydrogens (tertiary/aromatic N) is 1. The maximum Gasteiger partial charge on any atom is 0.319 e. The fourth-order valence-electron chi connectivity index (χ4n) is 2.12. The minimum Gasteiger partial charge on any atom is -0.334 e. The first-order chi connectivity index (χ1) is 11.2. The molecule has 0 atom stereocenters. The lowest BCUT2D eigenvalue weighted by Gasteiger charge is -2.10. The third-order valence-corrected chi connectivity index (χ3v) is 4.41. The number of anilines is 1. The molecule has 0 aliphatic heterocycles. The molecule has 0 unspecified atom stereocenters. The number of urea groups is 1. The van der Waals surface area contributed by atoms with Crippen LogP contribution in [-0.4, -0.2) is 11.0 Å². The number of carbonyl (C=O) groups is 1. The highest BCUT2D eigenvalue weighted by Crippen LogP contribution is 2.25. The molecule has 3 rings (SSSR count). The third kappa shape index (κ3) is 3.88. The predicted octanol–water partition coefficient (Wildman–Crippen LogP) is 4.79. The molecule has 116 valence electrons. The molecule has 0 bridgehead atoms. The zero-order valence-corrected chi connectivity index (χ0v) is 13.7. The van der Waals surface area contributed by atoms with Crippen LogP contribution < -0.4 is 10.6 Å². The van der Waals surface area contributed by atoms with Crippen LogP contribution in [0.3, 0.4) is 0 Å². The van der Waals surface area contributed by atoms with Gasteiger partial charge >= 0.3 is 6.03 Å². The summed E-state index contributed by atoms with van der Waals surface area (Å²) in [6.45, 7) is 0.386. The Morgan fingerprint density at radius 3 is 2.78 bits per heavy atom. The molecule has 4 nitrogen and oxygen atoms in total. The van der Waals surface area contributed by atoms with Crippen LogP contribution in [0.1, 0.15) is 5.56 Å². The zero-order chi connectivity index (χ0) is 16.1. The van der Waals surface area contributed by atoms with Crippen molar-refractivity contribution in [1.29, 1.82) is 0 Å². The van der Waals surface area contributed by atoms with Gasteiger partial charge in [-0.25, -0.2) is 4.79 Å². The molecule has 0 radical (unpaired) electrons. The Morgan fingerprint density at radius 1 is 1.13 bits per heavy atom.